The molecule has 0 unspecified atom stereocenters. The van der Waals surface area contributed by atoms with Crippen molar-refractivity contribution in [3.8, 4) is 0 Å². The molecule has 2 aliphatic rings. The molecule has 0 radical (unpaired) electrons. The molecule has 0 bridgehead atoms. The number of aliphatic hydroxyl groups excluding tert-OH is 6. The fourth-order valence-electron chi connectivity index (χ4n) is 9.15. The van der Waals surface area contributed by atoms with E-state index in [0.29, 0.717) is 47.2 Å². The Morgan fingerprint density at radius 2 is 0.960 bits per heavy atom. The molecule has 10 rings (SSSR count). The topological polar surface area (TPSA) is 323 Å². The van der Waals surface area contributed by atoms with Gasteiger partial charge in [0.15, 0.2) is 46.4 Å². The monoisotopic (exact) mass is 1040 g/mol. The van der Waals surface area contributed by atoms with Crippen molar-refractivity contribution in [2.24, 2.45) is 5.73 Å². The highest BCUT2D eigenvalue weighted by atomic mass is 32.2. The van der Waals surface area contributed by atoms with Crippen molar-refractivity contribution >= 4 is 44.0 Å². The van der Waals surface area contributed by atoms with E-state index in [1.165, 1.54) is 21.8 Å². The van der Waals surface area contributed by atoms with Gasteiger partial charge in [-0.15, -0.1) is 0 Å². The van der Waals surface area contributed by atoms with Gasteiger partial charge in [-0.2, -0.15) is 0 Å². The van der Waals surface area contributed by atoms with Crippen LogP contribution >= 0.6 is 0 Å². The van der Waals surface area contributed by atoms with Crippen molar-refractivity contribution in [1.82, 2.24) is 43.8 Å². The Labute approximate surface area is 431 Å². The van der Waals surface area contributed by atoms with Crippen LogP contribution < -0.4 is 21.1 Å². The van der Waals surface area contributed by atoms with Crippen LogP contribution in [0.5, 0.6) is 0 Å². The van der Waals surface area contributed by atoms with E-state index < -0.39 is 72.3 Å². The van der Waals surface area contributed by atoms with Gasteiger partial charge in [0, 0.05) is 30.3 Å². The second-order valence-electron chi connectivity index (χ2n) is 17.8. The highest BCUT2D eigenvalue weighted by Gasteiger charge is 2.45. The molecule has 0 spiro atoms. The fourth-order valence-corrected chi connectivity index (χ4v) is 9.60. The number of aromatic nitrogens is 8. The normalized spacial score (nSPS) is 21.7. The lowest BCUT2D eigenvalue weighted by Crippen LogP contribution is -2.33. The molecule has 0 aliphatic carbocycles. The quantitative estimate of drug-likeness (QED) is 0.0556. The van der Waals surface area contributed by atoms with Crippen LogP contribution in [0.2, 0.25) is 0 Å². The lowest BCUT2D eigenvalue weighted by molar-refractivity contribution is -0.0511. The molecular formula is C52H58N12O10S. The number of imidazole rings is 2. The number of nitrogens with zero attached hydrogens (tertiary/aromatic N) is 8. The highest BCUT2D eigenvalue weighted by Crippen LogP contribution is 2.35. The predicted molar refractivity (Wildman–Crippen MR) is 277 cm³/mol. The molecule has 8 aromatic rings. The van der Waals surface area contributed by atoms with E-state index in [2.05, 4.69) is 76.1 Å². The van der Waals surface area contributed by atoms with E-state index in [1.807, 2.05) is 97.1 Å². The maximum Gasteiger partial charge on any atom is 0.233 e. The number of sulfonamides is 1. The molecule has 2 saturated heterocycles. The Morgan fingerprint density at radius 3 is 1.31 bits per heavy atom. The van der Waals surface area contributed by atoms with Crippen LogP contribution in [-0.4, -0.2) is 141 Å². The number of hydrogen-bond acceptors (Lipinski definition) is 19. The average molecular weight is 1040 g/mol. The maximum atomic E-state index is 12.0. The van der Waals surface area contributed by atoms with Crippen LogP contribution in [0.25, 0.3) is 22.3 Å². The molecule has 8 atom stereocenters. The zero-order chi connectivity index (χ0) is 52.6. The summed E-state index contributed by atoms with van der Waals surface area (Å²) >= 11 is 0. The van der Waals surface area contributed by atoms with Crippen molar-refractivity contribution in [1.29, 1.82) is 0 Å². The fraction of sp³-hybridized carbons (Fsp3) is 0.308. The van der Waals surface area contributed by atoms with Gasteiger partial charge in [-0.3, -0.25) is 9.13 Å². The van der Waals surface area contributed by atoms with Gasteiger partial charge in [0.05, 0.1) is 39.0 Å². The Kier molecular flexibility index (Phi) is 16.6. The molecule has 2 fully saturated rings. The standard InChI is InChI=1S/C27H30N6O6S.C25H28N6O4/c1-2-40(37,38)30-14-21-31-25(28-13-19(17-9-5-3-6-10-17)18-11-7-4-8-12-18)22-26(32-21)33(16-29-22)27-24(36)23(35)20(15-34)39-27;26-11-19-29-23(27-12-17(15-7-3-1-4-8-15)16-9-5-2-6-10-16)20-24(30-19)31(14-28-20)25-22(34)21(33)18(13-32)35-25/h2-12,16,19-20,23-24,27,30,34-36H,1,13-15H2,(H,28,31,32);1-10,14,17-18,21-22,25,32-34H,11-13,26H2,(H,27,29,30)/t20-,23-,24-,27-;18-,21-,22-,25-/m11/s1. The van der Waals surface area contributed by atoms with Gasteiger partial charge in [-0.05, 0) is 22.3 Å². The van der Waals surface area contributed by atoms with Gasteiger partial charge >= 0.3 is 0 Å². The van der Waals surface area contributed by atoms with E-state index in [1.54, 1.807) is 0 Å². The highest BCUT2D eigenvalue weighted by molar-refractivity contribution is 7.92. The second kappa shape index (κ2) is 23.6. The summed E-state index contributed by atoms with van der Waals surface area (Å²) in [4.78, 5) is 27.0. The first-order valence-electron chi connectivity index (χ1n) is 24.1. The summed E-state index contributed by atoms with van der Waals surface area (Å²) in [5.41, 5.74) is 11.9. The summed E-state index contributed by atoms with van der Waals surface area (Å²) in [5.74, 6) is 1.40. The van der Waals surface area contributed by atoms with Gasteiger partial charge in [-0.25, -0.2) is 43.0 Å². The zero-order valence-corrected chi connectivity index (χ0v) is 41.2. The molecule has 0 saturated carbocycles. The van der Waals surface area contributed by atoms with Crippen molar-refractivity contribution in [3.05, 3.63) is 180 Å². The number of nitrogens with two attached hydrogens (primary N) is 1. The molecular weight excluding hydrogens is 985 g/mol. The van der Waals surface area contributed by atoms with E-state index >= 15 is 0 Å². The largest absolute Gasteiger partial charge is 0.394 e. The summed E-state index contributed by atoms with van der Waals surface area (Å²) in [6.45, 7) is 3.24. The Balaban J connectivity index is 0.000000185. The van der Waals surface area contributed by atoms with E-state index in [-0.39, 0.29) is 36.4 Å². The molecule has 11 N–H and O–H groups in total. The number of hydrogen-bond donors (Lipinski definition) is 10. The van der Waals surface area contributed by atoms with Crippen LogP contribution in [-0.2, 0) is 32.6 Å². The molecule has 75 heavy (non-hydrogen) atoms. The first-order valence-corrected chi connectivity index (χ1v) is 25.7. The summed E-state index contributed by atoms with van der Waals surface area (Å²) in [5, 5.41) is 68.1. The Morgan fingerprint density at radius 1 is 0.587 bits per heavy atom. The molecule has 4 aromatic heterocycles. The molecule has 4 aromatic carbocycles. The number of anilines is 2. The van der Waals surface area contributed by atoms with Crippen LogP contribution in [0.1, 0.15) is 58.2 Å². The lowest BCUT2D eigenvalue weighted by Gasteiger charge is -2.20. The van der Waals surface area contributed by atoms with Crippen molar-refractivity contribution < 1.29 is 48.5 Å². The summed E-state index contributed by atoms with van der Waals surface area (Å²) < 4.78 is 40.7. The summed E-state index contributed by atoms with van der Waals surface area (Å²) in [6.07, 6.45) is -6.21. The second-order valence-corrected chi connectivity index (χ2v) is 19.5. The minimum absolute atomic E-state index is 0.0438. The average Bonchev–Trinajstić information content (AvgIpc) is 4.23. The van der Waals surface area contributed by atoms with Crippen LogP contribution in [0.15, 0.2) is 146 Å². The van der Waals surface area contributed by atoms with E-state index in [0.717, 1.165) is 27.7 Å². The predicted octanol–water partition coefficient (Wildman–Crippen LogP) is 2.39. The maximum absolute atomic E-state index is 12.0. The van der Waals surface area contributed by atoms with Gasteiger partial charge in [-0.1, -0.05) is 128 Å². The third kappa shape index (κ3) is 11.6. The SMILES string of the molecule is C=CS(=O)(=O)NCc1nc(NCC(c2ccccc2)c2ccccc2)c2ncn([C@@H]3O[C@H](CO)[C@@H](O)[C@H]3O)c2n1.NCc1nc(NCC(c2ccccc2)c2ccccc2)c2ncn([C@@H]3O[C@H](CO)[C@@H](O)[C@H]3O)c2n1. The molecule has 6 heterocycles. The van der Waals surface area contributed by atoms with Crippen LogP contribution in [0, 0.1) is 0 Å². The summed E-state index contributed by atoms with van der Waals surface area (Å²) in [7, 11) is -3.76. The molecule has 392 valence electrons. The van der Waals surface area contributed by atoms with Gasteiger partial charge in [0.1, 0.15) is 48.3 Å². The zero-order valence-electron chi connectivity index (χ0n) is 40.4. The van der Waals surface area contributed by atoms with Gasteiger partial charge in [0.2, 0.25) is 10.0 Å². The summed E-state index contributed by atoms with van der Waals surface area (Å²) in [6, 6.07) is 40.4. The van der Waals surface area contributed by atoms with E-state index in [4.69, 9.17) is 15.2 Å². The number of ether oxygens (including phenoxy) is 2. The number of rotatable bonds is 19. The molecule has 0 amide bonds. The first-order chi connectivity index (χ1) is 36.4. The van der Waals surface area contributed by atoms with Crippen LogP contribution in [0.3, 0.4) is 0 Å². The Bertz CT molecular complexity index is 3190. The van der Waals surface area contributed by atoms with Crippen molar-refractivity contribution in [2.45, 2.75) is 74.0 Å². The third-order valence-electron chi connectivity index (χ3n) is 13.1. The molecule has 2 aliphatic heterocycles. The lowest BCUT2D eigenvalue weighted by atomic mass is 9.91. The van der Waals surface area contributed by atoms with Crippen molar-refractivity contribution in [2.75, 3.05) is 36.9 Å². The third-order valence-corrected chi connectivity index (χ3v) is 14.1. The number of nitrogens with one attached hydrogen (secondary N) is 3. The number of benzene rings is 4. The molecule has 23 heteroatoms. The van der Waals surface area contributed by atoms with Gasteiger partial charge < -0.3 is 56.5 Å². The Hall–Kier alpha value is -7.13. The van der Waals surface area contributed by atoms with Crippen molar-refractivity contribution in [3.63, 3.8) is 0 Å². The number of fused-ring (bicyclic) bond motifs is 2. The van der Waals surface area contributed by atoms with Crippen LogP contribution in [0.4, 0.5) is 11.6 Å². The minimum Gasteiger partial charge on any atom is -0.394 e. The molecule has 22 nitrogen and oxygen atoms in total. The first kappa shape index (κ1) is 52.7. The van der Waals surface area contributed by atoms with E-state index in [9.17, 15) is 39.1 Å². The smallest absolute Gasteiger partial charge is 0.233 e. The minimum atomic E-state index is -3.76. The van der Waals surface area contributed by atoms with Gasteiger partial charge in [0.25, 0.3) is 0 Å². The number of aliphatic hydroxyl groups is 6.